The molecule has 0 saturated carbocycles. The topological polar surface area (TPSA) is 43.8 Å². The van der Waals surface area contributed by atoms with Crippen LogP contribution < -0.4 is 5.73 Å². The van der Waals surface area contributed by atoms with Gasteiger partial charge in [0.25, 0.3) is 0 Å². The highest BCUT2D eigenvalue weighted by molar-refractivity contribution is 9.10. The monoisotopic (exact) mass is 307 g/mol. The Morgan fingerprint density at radius 2 is 2.11 bits per heavy atom. The van der Waals surface area contributed by atoms with Crippen LogP contribution in [0.1, 0.15) is 36.6 Å². The van der Waals surface area contributed by atoms with Crippen molar-refractivity contribution in [2.24, 2.45) is 5.73 Å². The SMILES string of the molecule is Cc1cc(-n2ncc(CN)c2C(C)C)ccc1Br. The number of aromatic nitrogens is 2. The summed E-state index contributed by atoms with van der Waals surface area (Å²) in [5.41, 5.74) is 10.4. The smallest absolute Gasteiger partial charge is 0.0652 e. The molecule has 1 heterocycles. The van der Waals surface area contributed by atoms with Gasteiger partial charge in [0.2, 0.25) is 0 Å². The molecule has 2 aromatic rings. The summed E-state index contributed by atoms with van der Waals surface area (Å²) in [6.07, 6.45) is 1.87. The molecule has 0 unspecified atom stereocenters. The summed E-state index contributed by atoms with van der Waals surface area (Å²) in [5.74, 6) is 0.398. The molecule has 0 atom stereocenters. The number of nitrogens with zero attached hydrogens (tertiary/aromatic N) is 2. The van der Waals surface area contributed by atoms with E-state index in [2.05, 4.69) is 60.0 Å². The maximum absolute atomic E-state index is 5.77. The maximum atomic E-state index is 5.77. The highest BCUT2D eigenvalue weighted by atomic mass is 79.9. The predicted octanol–water partition coefficient (Wildman–Crippen LogP) is 3.53. The van der Waals surface area contributed by atoms with Crippen LogP contribution in [0.4, 0.5) is 0 Å². The van der Waals surface area contributed by atoms with Crippen molar-refractivity contribution in [2.75, 3.05) is 0 Å². The minimum atomic E-state index is 0.398. The summed E-state index contributed by atoms with van der Waals surface area (Å²) < 4.78 is 3.11. The van der Waals surface area contributed by atoms with Gasteiger partial charge in [-0.2, -0.15) is 5.10 Å². The minimum absolute atomic E-state index is 0.398. The van der Waals surface area contributed by atoms with Gasteiger partial charge >= 0.3 is 0 Å². The normalized spacial score (nSPS) is 11.2. The molecule has 0 radical (unpaired) electrons. The standard InChI is InChI=1S/C14H18BrN3/c1-9(2)14-11(7-16)8-17-18(14)12-4-5-13(15)10(3)6-12/h4-6,8-9H,7,16H2,1-3H3. The molecule has 0 aliphatic carbocycles. The van der Waals surface area contributed by atoms with Crippen LogP contribution in [0.25, 0.3) is 5.69 Å². The fourth-order valence-electron chi connectivity index (χ4n) is 2.13. The van der Waals surface area contributed by atoms with Crippen LogP contribution in [0.3, 0.4) is 0 Å². The summed E-state index contributed by atoms with van der Waals surface area (Å²) in [6, 6.07) is 6.25. The summed E-state index contributed by atoms with van der Waals surface area (Å²) in [5, 5.41) is 4.47. The Balaban J connectivity index is 2.56. The van der Waals surface area contributed by atoms with E-state index in [4.69, 9.17) is 5.73 Å². The summed E-state index contributed by atoms with van der Waals surface area (Å²) in [7, 11) is 0. The van der Waals surface area contributed by atoms with Crippen molar-refractivity contribution in [2.45, 2.75) is 33.2 Å². The molecule has 18 heavy (non-hydrogen) atoms. The molecule has 0 aliphatic heterocycles. The Morgan fingerprint density at radius 1 is 1.39 bits per heavy atom. The van der Waals surface area contributed by atoms with Crippen LogP contribution in [0.5, 0.6) is 0 Å². The van der Waals surface area contributed by atoms with E-state index in [1.165, 1.54) is 11.3 Å². The molecular formula is C14H18BrN3. The molecule has 0 bridgehead atoms. The second kappa shape index (κ2) is 5.24. The number of halogens is 1. The van der Waals surface area contributed by atoms with Crippen LogP contribution in [0, 0.1) is 6.92 Å². The number of rotatable bonds is 3. The number of nitrogens with two attached hydrogens (primary N) is 1. The van der Waals surface area contributed by atoms with E-state index < -0.39 is 0 Å². The molecule has 0 saturated heterocycles. The second-order valence-corrected chi connectivity index (χ2v) is 5.61. The summed E-state index contributed by atoms with van der Waals surface area (Å²) in [6.45, 7) is 6.94. The van der Waals surface area contributed by atoms with Gasteiger partial charge in [-0.3, -0.25) is 0 Å². The molecule has 4 heteroatoms. The molecule has 0 fully saturated rings. The molecule has 2 N–H and O–H groups in total. The van der Waals surface area contributed by atoms with Crippen molar-refractivity contribution < 1.29 is 0 Å². The van der Waals surface area contributed by atoms with E-state index in [9.17, 15) is 0 Å². The van der Waals surface area contributed by atoms with Gasteiger partial charge < -0.3 is 5.73 Å². The Bertz CT molecular complexity index is 558. The van der Waals surface area contributed by atoms with Crippen LogP contribution in [0.15, 0.2) is 28.9 Å². The van der Waals surface area contributed by atoms with E-state index in [0.717, 1.165) is 15.7 Å². The Labute approximate surface area is 116 Å². The second-order valence-electron chi connectivity index (χ2n) is 4.76. The van der Waals surface area contributed by atoms with E-state index in [-0.39, 0.29) is 0 Å². The minimum Gasteiger partial charge on any atom is -0.326 e. The molecule has 2 rings (SSSR count). The molecule has 1 aromatic heterocycles. The number of benzene rings is 1. The van der Waals surface area contributed by atoms with Crippen molar-refractivity contribution in [3.05, 3.63) is 45.7 Å². The van der Waals surface area contributed by atoms with Crippen LogP contribution in [0.2, 0.25) is 0 Å². The lowest BCUT2D eigenvalue weighted by Gasteiger charge is -2.13. The molecule has 96 valence electrons. The Morgan fingerprint density at radius 3 is 2.67 bits per heavy atom. The van der Waals surface area contributed by atoms with Gasteiger partial charge in [-0.05, 0) is 36.6 Å². The Kier molecular flexibility index (Phi) is 3.88. The van der Waals surface area contributed by atoms with Crippen molar-refractivity contribution in [3.63, 3.8) is 0 Å². The zero-order valence-corrected chi connectivity index (χ0v) is 12.5. The molecule has 0 aliphatic rings. The van der Waals surface area contributed by atoms with Crippen LogP contribution >= 0.6 is 15.9 Å². The summed E-state index contributed by atoms with van der Waals surface area (Å²) in [4.78, 5) is 0. The van der Waals surface area contributed by atoms with E-state index in [1.807, 2.05) is 10.9 Å². The number of aryl methyl sites for hydroxylation is 1. The third-order valence-corrected chi connectivity index (χ3v) is 3.93. The first-order valence-corrected chi connectivity index (χ1v) is 6.87. The first-order chi connectivity index (χ1) is 8.54. The maximum Gasteiger partial charge on any atom is 0.0652 e. The molecule has 3 nitrogen and oxygen atoms in total. The molecular weight excluding hydrogens is 290 g/mol. The van der Waals surface area contributed by atoms with Gasteiger partial charge in [0.15, 0.2) is 0 Å². The highest BCUT2D eigenvalue weighted by Crippen LogP contribution is 2.25. The lowest BCUT2D eigenvalue weighted by molar-refractivity contribution is 0.725. The average molecular weight is 308 g/mol. The van der Waals surface area contributed by atoms with Gasteiger partial charge in [-0.25, -0.2) is 4.68 Å². The third kappa shape index (κ3) is 2.35. The first-order valence-electron chi connectivity index (χ1n) is 6.08. The lowest BCUT2D eigenvalue weighted by atomic mass is 10.1. The van der Waals surface area contributed by atoms with E-state index in [1.54, 1.807) is 0 Å². The first kappa shape index (κ1) is 13.3. The van der Waals surface area contributed by atoms with Crippen molar-refractivity contribution >= 4 is 15.9 Å². The Hall–Kier alpha value is -1.13. The van der Waals surface area contributed by atoms with Crippen molar-refractivity contribution in [1.29, 1.82) is 0 Å². The highest BCUT2D eigenvalue weighted by Gasteiger charge is 2.14. The lowest BCUT2D eigenvalue weighted by Crippen LogP contribution is -2.07. The zero-order valence-electron chi connectivity index (χ0n) is 10.9. The summed E-state index contributed by atoms with van der Waals surface area (Å²) >= 11 is 3.52. The van der Waals surface area contributed by atoms with Crippen molar-refractivity contribution in [3.8, 4) is 5.69 Å². The zero-order chi connectivity index (χ0) is 13.3. The fourth-order valence-corrected chi connectivity index (χ4v) is 2.38. The van der Waals surface area contributed by atoms with Gasteiger partial charge in [0.05, 0.1) is 17.6 Å². The molecule has 0 amide bonds. The van der Waals surface area contributed by atoms with E-state index in [0.29, 0.717) is 12.5 Å². The quantitative estimate of drug-likeness (QED) is 0.942. The van der Waals surface area contributed by atoms with E-state index >= 15 is 0 Å². The number of hydrogen-bond acceptors (Lipinski definition) is 2. The van der Waals surface area contributed by atoms with Gasteiger partial charge in [0.1, 0.15) is 0 Å². The van der Waals surface area contributed by atoms with Crippen LogP contribution in [-0.4, -0.2) is 9.78 Å². The van der Waals surface area contributed by atoms with Gasteiger partial charge in [-0.1, -0.05) is 29.8 Å². The average Bonchev–Trinajstić information content (AvgIpc) is 2.76. The third-order valence-electron chi connectivity index (χ3n) is 3.04. The van der Waals surface area contributed by atoms with Gasteiger partial charge in [-0.15, -0.1) is 0 Å². The largest absolute Gasteiger partial charge is 0.326 e. The predicted molar refractivity (Wildman–Crippen MR) is 78.0 cm³/mol. The van der Waals surface area contributed by atoms with Crippen LogP contribution in [-0.2, 0) is 6.54 Å². The molecule has 0 spiro atoms. The fraction of sp³-hybridized carbons (Fsp3) is 0.357. The van der Waals surface area contributed by atoms with Crippen molar-refractivity contribution in [1.82, 2.24) is 9.78 Å². The molecule has 1 aromatic carbocycles. The van der Waals surface area contributed by atoms with Gasteiger partial charge in [0, 0.05) is 16.6 Å². The number of hydrogen-bond donors (Lipinski definition) is 1.